The van der Waals surface area contributed by atoms with Crippen molar-refractivity contribution in [3.63, 3.8) is 0 Å². The Labute approximate surface area is 189 Å². The van der Waals surface area contributed by atoms with Gasteiger partial charge < -0.3 is 9.55 Å². The maximum Gasteiger partial charge on any atom is 0.0274 e. The van der Waals surface area contributed by atoms with Gasteiger partial charge in [-0.2, -0.15) is 0 Å². The largest absolute Gasteiger partial charge is 0.367 e. The fraction of sp³-hybridized carbons (Fsp3) is 0.571. The van der Waals surface area contributed by atoms with Crippen LogP contribution in [0.25, 0.3) is 0 Å². The van der Waals surface area contributed by atoms with Crippen LogP contribution in [0, 0.1) is 5.92 Å². The molecule has 30 heavy (non-hydrogen) atoms. The number of nitrogens with zero attached hydrogens (tertiary/aromatic N) is 1. The number of aromatic amines is 1. The first-order valence-electron chi connectivity index (χ1n) is 12.0. The van der Waals surface area contributed by atoms with Crippen molar-refractivity contribution in [2.75, 3.05) is 0 Å². The number of aromatic nitrogens is 2. The molecule has 0 radical (unpaired) electrons. The highest BCUT2D eigenvalue weighted by Crippen LogP contribution is 2.18. The molecule has 0 saturated heterocycles. The van der Waals surface area contributed by atoms with Crippen molar-refractivity contribution in [2.24, 2.45) is 5.92 Å². The third-order valence-corrected chi connectivity index (χ3v) is 4.05. The molecule has 0 atom stereocenters. The summed E-state index contributed by atoms with van der Waals surface area (Å²) >= 11 is 0. The van der Waals surface area contributed by atoms with Crippen LogP contribution in [0.4, 0.5) is 0 Å². The molecule has 2 nitrogen and oxygen atoms in total. The number of rotatable bonds is 3. The van der Waals surface area contributed by atoms with Crippen LogP contribution in [0.1, 0.15) is 107 Å². The van der Waals surface area contributed by atoms with Crippen LogP contribution >= 0.6 is 0 Å². The Balaban J connectivity index is -0.000000323. The minimum Gasteiger partial charge on any atom is -0.367 e. The summed E-state index contributed by atoms with van der Waals surface area (Å²) in [6.07, 6.45) is 15.9. The Morgan fingerprint density at radius 3 is 1.53 bits per heavy atom. The SMILES string of the molecule is CC.CC.CC.CC(C)C1=CC=CC1.CC(C)c1cc[nH]c1.CC(C)n1cccc1. The van der Waals surface area contributed by atoms with Crippen LogP contribution in [0.5, 0.6) is 0 Å². The van der Waals surface area contributed by atoms with E-state index in [1.54, 1.807) is 5.57 Å². The molecular formula is C28H52N2. The third kappa shape index (κ3) is 16.9. The van der Waals surface area contributed by atoms with E-state index < -0.39 is 0 Å². The number of allylic oxidation sites excluding steroid dienone is 4. The lowest BCUT2D eigenvalue weighted by Crippen LogP contribution is -1.94. The molecule has 0 aromatic carbocycles. The lowest BCUT2D eigenvalue weighted by molar-refractivity contribution is 0.604. The predicted molar refractivity (Wildman–Crippen MR) is 140 cm³/mol. The molecule has 2 heteroatoms. The second-order valence-electron chi connectivity index (χ2n) is 7.05. The zero-order valence-corrected chi connectivity index (χ0v) is 22.2. The summed E-state index contributed by atoms with van der Waals surface area (Å²) in [5.74, 6) is 1.39. The van der Waals surface area contributed by atoms with E-state index >= 15 is 0 Å². The lowest BCUT2D eigenvalue weighted by atomic mass is 10.0. The molecule has 0 fully saturated rings. The zero-order chi connectivity index (χ0) is 23.9. The third-order valence-electron chi connectivity index (χ3n) is 4.05. The molecule has 1 aliphatic rings. The molecule has 2 heterocycles. The van der Waals surface area contributed by atoms with Crippen molar-refractivity contribution in [3.8, 4) is 0 Å². The maximum absolute atomic E-state index is 3.01. The Morgan fingerprint density at radius 2 is 1.33 bits per heavy atom. The van der Waals surface area contributed by atoms with Gasteiger partial charge in [0.1, 0.15) is 0 Å². The van der Waals surface area contributed by atoms with Crippen LogP contribution in [0.15, 0.2) is 66.8 Å². The smallest absolute Gasteiger partial charge is 0.0274 e. The summed E-state index contributed by atoms with van der Waals surface area (Å²) in [5.41, 5.74) is 2.94. The Kier molecular flexibility index (Phi) is 25.4. The van der Waals surface area contributed by atoms with E-state index in [1.807, 2.05) is 66.1 Å². The molecule has 0 aliphatic heterocycles. The van der Waals surface area contributed by atoms with Gasteiger partial charge in [0.05, 0.1) is 0 Å². The maximum atomic E-state index is 3.01. The first kappa shape index (κ1) is 32.7. The molecule has 174 valence electrons. The highest BCUT2D eigenvalue weighted by atomic mass is 15.0. The molecule has 3 rings (SSSR count). The van der Waals surface area contributed by atoms with Crippen molar-refractivity contribution in [1.29, 1.82) is 0 Å². The Hall–Kier alpha value is -1.96. The quantitative estimate of drug-likeness (QED) is 0.514. The Bertz CT molecular complexity index is 544. The molecule has 0 bridgehead atoms. The van der Waals surface area contributed by atoms with E-state index in [0.29, 0.717) is 12.0 Å². The van der Waals surface area contributed by atoms with E-state index in [0.717, 1.165) is 5.92 Å². The first-order valence-corrected chi connectivity index (χ1v) is 12.0. The molecular weight excluding hydrogens is 364 g/mol. The van der Waals surface area contributed by atoms with Crippen LogP contribution in [0.3, 0.4) is 0 Å². The average molecular weight is 417 g/mol. The van der Waals surface area contributed by atoms with Gasteiger partial charge in [-0.25, -0.2) is 0 Å². The topological polar surface area (TPSA) is 20.7 Å². The summed E-state index contributed by atoms with van der Waals surface area (Å²) in [5, 5.41) is 0. The van der Waals surface area contributed by atoms with Crippen molar-refractivity contribution in [1.82, 2.24) is 9.55 Å². The molecule has 1 aliphatic carbocycles. The van der Waals surface area contributed by atoms with Gasteiger partial charge in [0.2, 0.25) is 0 Å². The molecule has 2 aromatic rings. The van der Waals surface area contributed by atoms with Gasteiger partial charge in [-0.3, -0.25) is 0 Å². The summed E-state index contributed by atoms with van der Waals surface area (Å²) in [6.45, 7) is 25.2. The monoisotopic (exact) mass is 416 g/mol. The minimum atomic E-state index is 0.602. The predicted octanol–water partition coefficient (Wildman–Crippen LogP) is 9.81. The minimum absolute atomic E-state index is 0.602. The summed E-state index contributed by atoms with van der Waals surface area (Å²) in [7, 11) is 0. The number of hydrogen-bond acceptors (Lipinski definition) is 0. The van der Waals surface area contributed by atoms with Crippen molar-refractivity contribution in [3.05, 3.63) is 72.4 Å². The average Bonchev–Trinajstić information content (AvgIpc) is 3.56. The van der Waals surface area contributed by atoms with Gasteiger partial charge >= 0.3 is 0 Å². The van der Waals surface area contributed by atoms with Gasteiger partial charge in [0.25, 0.3) is 0 Å². The summed E-state index contributed by atoms with van der Waals surface area (Å²) < 4.78 is 2.17. The number of nitrogens with one attached hydrogen (secondary N) is 1. The van der Waals surface area contributed by atoms with Crippen molar-refractivity contribution >= 4 is 0 Å². The molecule has 0 saturated carbocycles. The van der Waals surface area contributed by atoms with Gasteiger partial charge in [0.15, 0.2) is 0 Å². The van der Waals surface area contributed by atoms with Gasteiger partial charge in [-0.1, -0.05) is 93.0 Å². The lowest BCUT2D eigenvalue weighted by Gasteiger charge is -2.03. The zero-order valence-electron chi connectivity index (χ0n) is 22.2. The van der Waals surface area contributed by atoms with Crippen LogP contribution in [-0.4, -0.2) is 9.55 Å². The second-order valence-corrected chi connectivity index (χ2v) is 7.05. The van der Waals surface area contributed by atoms with Crippen LogP contribution in [-0.2, 0) is 0 Å². The van der Waals surface area contributed by atoms with E-state index in [9.17, 15) is 0 Å². The Morgan fingerprint density at radius 1 is 0.800 bits per heavy atom. The second kappa shape index (κ2) is 23.3. The molecule has 2 aromatic heterocycles. The normalized spacial score (nSPS) is 10.8. The molecule has 1 N–H and O–H groups in total. The summed E-state index contributed by atoms with van der Waals surface area (Å²) in [6, 6.07) is 6.79. The van der Waals surface area contributed by atoms with E-state index in [-0.39, 0.29) is 0 Å². The first-order chi connectivity index (χ1) is 14.4. The van der Waals surface area contributed by atoms with Crippen LogP contribution < -0.4 is 0 Å². The fourth-order valence-electron chi connectivity index (χ4n) is 2.28. The number of hydrogen-bond donors (Lipinski definition) is 1. The fourth-order valence-corrected chi connectivity index (χ4v) is 2.28. The highest BCUT2D eigenvalue weighted by molar-refractivity contribution is 5.23. The molecule has 0 amide bonds. The summed E-state index contributed by atoms with van der Waals surface area (Å²) in [4.78, 5) is 3.01. The van der Waals surface area contributed by atoms with E-state index in [2.05, 4.69) is 87.8 Å². The van der Waals surface area contributed by atoms with Gasteiger partial charge in [-0.15, -0.1) is 0 Å². The van der Waals surface area contributed by atoms with Crippen LogP contribution in [0.2, 0.25) is 0 Å². The molecule has 0 spiro atoms. The highest BCUT2D eigenvalue weighted by Gasteiger charge is 2.01. The van der Waals surface area contributed by atoms with Crippen molar-refractivity contribution < 1.29 is 0 Å². The van der Waals surface area contributed by atoms with E-state index in [1.165, 1.54) is 12.0 Å². The number of H-pyrrole nitrogens is 1. The van der Waals surface area contributed by atoms with Gasteiger partial charge in [-0.05, 0) is 55.9 Å². The molecule has 0 unspecified atom stereocenters. The standard InChI is InChI=1S/C8H12.2C7H11N.3C2H6/c1-7(2)8-5-3-4-6-8;1-6(2)7-3-4-8-5-7;1-7(2)8-5-3-4-6-8;3*1-2/h3-5,7H,6H2,1-2H3;3-6,8H,1-2H3;3-7H,1-2H3;3*1-2H3. The van der Waals surface area contributed by atoms with Crippen molar-refractivity contribution in [2.45, 2.75) is 101 Å². The van der Waals surface area contributed by atoms with Gasteiger partial charge in [0, 0.05) is 30.8 Å². The van der Waals surface area contributed by atoms with E-state index in [4.69, 9.17) is 0 Å².